The standard InChI is InChI=1S/C20H24O7.C4H7NO3/c1-3-27-20(26)11(2)5-4-6-12-7-9-13(10-8-12)14-15(21)17(23)19(25)18(24)16(14)22;5-3(6)1-2-4(7)8/h7-11,21-25H,3-6H2,1-2H3;1-2H2,(H2,5,6)(H,7,8). The third-order valence-corrected chi connectivity index (χ3v) is 4.99. The second-order valence-corrected chi connectivity index (χ2v) is 7.72. The number of hydrogen-bond acceptors (Lipinski definition) is 9. The molecule has 1 amide bonds. The molecule has 0 spiro atoms. The molecule has 192 valence electrons. The van der Waals surface area contributed by atoms with E-state index in [0.717, 1.165) is 18.4 Å². The van der Waals surface area contributed by atoms with E-state index in [4.69, 9.17) is 9.84 Å². The van der Waals surface area contributed by atoms with E-state index in [1.165, 1.54) is 0 Å². The van der Waals surface area contributed by atoms with Crippen LogP contribution in [-0.2, 0) is 25.5 Å². The van der Waals surface area contributed by atoms with Crippen LogP contribution >= 0.6 is 0 Å². The first-order valence-corrected chi connectivity index (χ1v) is 10.8. The van der Waals surface area contributed by atoms with E-state index < -0.39 is 40.6 Å². The lowest BCUT2D eigenvalue weighted by molar-refractivity contribution is -0.147. The number of phenolic OH excluding ortho intramolecular Hbond substituents is 5. The first-order valence-electron chi connectivity index (χ1n) is 10.8. The molecule has 0 bridgehead atoms. The number of carbonyl (C=O) groups excluding carboxylic acids is 2. The molecule has 1 atom stereocenters. The van der Waals surface area contributed by atoms with Crippen molar-refractivity contribution in [1.29, 1.82) is 0 Å². The predicted octanol–water partition coefficient (Wildman–Crippen LogP) is 2.74. The van der Waals surface area contributed by atoms with E-state index in [0.29, 0.717) is 18.6 Å². The van der Waals surface area contributed by atoms with Crippen molar-refractivity contribution in [3.05, 3.63) is 29.8 Å². The van der Waals surface area contributed by atoms with Crippen molar-refractivity contribution in [2.24, 2.45) is 11.7 Å². The predicted molar refractivity (Wildman–Crippen MR) is 125 cm³/mol. The van der Waals surface area contributed by atoms with Crippen molar-refractivity contribution >= 4 is 17.8 Å². The van der Waals surface area contributed by atoms with E-state index in [2.05, 4.69) is 5.73 Å². The Labute approximate surface area is 202 Å². The van der Waals surface area contributed by atoms with Crippen LogP contribution in [0.4, 0.5) is 0 Å². The highest BCUT2D eigenvalue weighted by Gasteiger charge is 2.24. The number of hydrogen-bond donors (Lipinski definition) is 7. The van der Waals surface area contributed by atoms with Crippen molar-refractivity contribution in [1.82, 2.24) is 0 Å². The number of ether oxygens (including phenoxy) is 1. The fraction of sp³-hybridized carbons (Fsp3) is 0.375. The molecule has 1 unspecified atom stereocenters. The highest BCUT2D eigenvalue weighted by Crippen LogP contribution is 2.54. The molecule has 0 aliphatic carbocycles. The van der Waals surface area contributed by atoms with Crippen molar-refractivity contribution in [2.75, 3.05) is 6.61 Å². The highest BCUT2D eigenvalue weighted by molar-refractivity contribution is 5.85. The van der Waals surface area contributed by atoms with Crippen LogP contribution in [-0.4, -0.2) is 55.1 Å². The summed E-state index contributed by atoms with van der Waals surface area (Å²) < 4.78 is 4.98. The number of rotatable bonds is 10. The van der Waals surface area contributed by atoms with Crippen molar-refractivity contribution in [3.8, 4) is 39.9 Å². The monoisotopic (exact) mass is 493 g/mol. The topological polar surface area (TPSA) is 208 Å². The lowest BCUT2D eigenvalue weighted by atomic mass is 9.97. The molecule has 0 aliphatic rings. The van der Waals surface area contributed by atoms with Gasteiger partial charge in [-0.15, -0.1) is 0 Å². The summed E-state index contributed by atoms with van der Waals surface area (Å²) in [6.07, 6.45) is 1.97. The van der Waals surface area contributed by atoms with Gasteiger partial charge >= 0.3 is 11.9 Å². The second-order valence-electron chi connectivity index (χ2n) is 7.72. The molecule has 2 rings (SSSR count). The van der Waals surface area contributed by atoms with Gasteiger partial charge in [-0.3, -0.25) is 14.4 Å². The van der Waals surface area contributed by atoms with Gasteiger partial charge in [0.2, 0.25) is 23.2 Å². The summed E-state index contributed by atoms with van der Waals surface area (Å²) in [4.78, 5) is 31.2. The first-order chi connectivity index (χ1) is 16.4. The third kappa shape index (κ3) is 8.61. The Bertz CT molecular complexity index is 991. The molecule has 11 heteroatoms. The van der Waals surface area contributed by atoms with Crippen molar-refractivity contribution in [3.63, 3.8) is 0 Å². The van der Waals surface area contributed by atoms with Crippen LogP contribution in [0.5, 0.6) is 28.7 Å². The number of esters is 1. The zero-order chi connectivity index (χ0) is 26.7. The molecule has 0 saturated heterocycles. The molecule has 8 N–H and O–H groups in total. The molecular weight excluding hydrogens is 462 g/mol. The minimum Gasteiger partial charge on any atom is -0.504 e. The summed E-state index contributed by atoms with van der Waals surface area (Å²) in [5.74, 6) is -6.18. The molecule has 0 radical (unpaired) electrons. The summed E-state index contributed by atoms with van der Waals surface area (Å²) in [5.41, 5.74) is 5.81. The maximum Gasteiger partial charge on any atom is 0.308 e. The number of aliphatic carboxylic acids is 1. The van der Waals surface area contributed by atoms with E-state index in [1.54, 1.807) is 31.2 Å². The third-order valence-electron chi connectivity index (χ3n) is 4.99. The SMILES string of the molecule is CCOC(=O)C(C)CCCc1ccc(-c2c(O)c(O)c(O)c(O)c2O)cc1.NC(=O)CCC(=O)O. The van der Waals surface area contributed by atoms with Gasteiger partial charge < -0.3 is 41.1 Å². The van der Waals surface area contributed by atoms with Crippen LogP contribution in [0.25, 0.3) is 11.1 Å². The average molecular weight is 494 g/mol. The number of aryl methyl sites for hydroxylation is 1. The average Bonchev–Trinajstić information content (AvgIpc) is 2.81. The number of carboxylic acids is 1. The Kier molecular flexibility index (Phi) is 11.2. The van der Waals surface area contributed by atoms with Crippen molar-refractivity contribution < 1.29 is 49.8 Å². The zero-order valence-corrected chi connectivity index (χ0v) is 19.5. The van der Waals surface area contributed by atoms with Crippen LogP contribution in [0.3, 0.4) is 0 Å². The summed E-state index contributed by atoms with van der Waals surface area (Å²) in [6.45, 7) is 3.97. The van der Waals surface area contributed by atoms with Crippen molar-refractivity contribution in [2.45, 2.75) is 46.0 Å². The lowest BCUT2D eigenvalue weighted by Gasteiger charge is -2.13. The van der Waals surface area contributed by atoms with E-state index in [1.807, 2.05) is 6.92 Å². The minimum absolute atomic E-state index is 0.0741. The van der Waals surface area contributed by atoms with E-state index in [-0.39, 0.29) is 30.3 Å². The molecule has 0 heterocycles. The summed E-state index contributed by atoms with van der Waals surface area (Å²) in [5, 5.41) is 56.7. The molecule has 2 aromatic carbocycles. The zero-order valence-electron chi connectivity index (χ0n) is 19.5. The first kappa shape index (κ1) is 28.9. The minimum atomic E-state index is -0.996. The maximum atomic E-state index is 11.6. The van der Waals surface area contributed by atoms with Gasteiger partial charge in [-0.25, -0.2) is 0 Å². The van der Waals surface area contributed by atoms with E-state index >= 15 is 0 Å². The van der Waals surface area contributed by atoms with Gasteiger partial charge in [-0.1, -0.05) is 31.2 Å². The molecule has 0 fully saturated rings. The lowest BCUT2D eigenvalue weighted by Crippen LogP contribution is -2.14. The molecule has 0 saturated carbocycles. The number of aromatic hydroxyl groups is 5. The Morgan fingerprint density at radius 3 is 1.83 bits per heavy atom. The van der Waals surface area contributed by atoms with Gasteiger partial charge in [-0.2, -0.15) is 0 Å². The van der Waals surface area contributed by atoms with Gasteiger partial charge in [0.25, 0.3) is 0 Å². The summed E-state index contributed by atoms with van der Waals surface area (Å²) in [6, 6.07) is 6.80. The summed E-state index contributed by atoms with van der Waals surface area (Å²) >= 11 is 0. The normalized spacial score (nSPS) is 11.1. The van der Waals surface area contributed by atoms with E-state index in [9.17, 15) is 39.9 Å². The Morgan fingerprint density at radius 1 is 0.886 bits per heavy atom. The van der Waals surface area contributed by atoms with Crippen LogP contribution in [0.15, 0.2) is 24.3 Å². The molecule has 35 heavy (non-hydrogen) atoms. The Morgan fingerprint density at radius 2 is 1.40 bits per heavy atom. The van der Waals surface area contributed by atoms with Gasteiger partial charge in [0.1, 0.15) is 0 Å². The molecule has 0 aliphatic heterocycles. The van der Waals surface area contributed by atoms with Gasteiger partial charge in [0, 0.05) is 6.42 Å². The van der Waals surface area contributed by atoms with Gasteiger partial charge in [-0.05, 0) is 37.3 Å². The van der Waals surface area contributed by atoms with Gasteiger partial charge in [0.15, 0.2) is 11.5 Å². The molecule has 11 nitrogen and oxygen atoms in total. The number of amides is 1. The summed E-state index contributed by atoms with van der Waals surface area (Å²) in [7, 11) is 0. The van der Waals surface area contributed by atoms with Crippen LogP contribution in [0, 0.1) is 5.92 Å². The van der Waals surface area contributed by atoms with Gasteiger partial charge in [0.05, 0.1) is 24.5 Å². The Hall–Kier alpha value is -4.15. The molecule has 2 aromatic rings. The number of primary amides is 1. The highest BCUT2D eigenvalue weighted by atomic mass is 16.5. The largest absolute Gasteiger partial charge is 0.504 e. The number of carboxylic acid groups (broad SMARTS) is 1. The maximum absolute atomic E-state index is 11.6. The fourth-order valence-corrected chi connectivity index (χ4v) is 3.04. The fourth-order valence-electron chi connectivity index (χ4n) is 3.04. The number of nitrogens with two attached hydrogens (primary N) is 1. The molecule has 0 aromatic heterocycles. The number of carbonyl (C=O) groups is 3. The number of benzene rings is 2. The Balaban J connectivity index is 0.000000658. The second kappa shape index (κ2) is 13.5. The van der Waals surface area contributed by atoms with Crippen LogP contribution in [0.2, 0.25) is 0 Å². The van der Waals surface area contributed by atoms with Crippen LogP contribution < -0.4 is 5.73 Å². The smallest absolute Gasteiger partial charge is 0.308 e. The van der Waals surface area contributed by atoms with Crippen LogP contribution in [0.1, 0.15) is 45.1 Å². The quantitative estimate of drug-likeness (QED) is 0.146. The number of phenols is 5. The molecular formula is C24H31NO10.